The Morgan fingerprint density at radius 2 is 1.95 bits per heavy atom. The second-order valence-corrected chi connectivity index (χ2v) is 10.5. The van der Waals surface area contributed by atoms with Crippen LogP contribution in [-0.2, 0) is 6.54 Å². The number of aromatic nitrogens is 7. The molecule has 6 rings (SSSR count). The third kappa shape index (κ3) is 5.44. The molecule has 4 aromatic rings. The summed E-state index contributed by atoms with van der Waals surface area (Å²) in [5.74, 6) is 0.395. The van der Waals surface area contributed by atoms with E-state index >= 15 is 0 Å². The van der Waals surface area contributed by atoms with E-state index in [0.29, 0.717) is 17.2 Å². The molecule has 1 aliphatic carbocycles. The number of nitrogens with zero attached hydrogens (tertiary/aromatic N) is 10. The SMILES string of the molecule is CN1CCN(c2cnc3c(c2)ncn3[C@H]2CCC[C@@H](Nc3ncc(C#N)c(-c4cnn(CC(F)F)c4)n3)C2)CC1. The fourth-order valence-electron chi connectivity index (χ4n) is 5.62. The zero-order valence-corrected chi connectivity index (χ0v) is 22.3. The molecular formula is C27H31F2N11. The average molecular weight is 548 g/mol. The number of hydrogen-bond donors (Lipinski definition) is 1. The summed E-state index contributed by atoms with van der Waals surface area (Å²) < 4.78 is 28.9. The highest BCUT2D eigenvalue weighted by molar-refractivity contribution is 5.75. The first-order valence-corrected chi connectivity index (χ1v) is 13.6. The number of hydrogen-bond acceptors (Lipinski definition) is 9. The third-order valence-electron chi connectivity index (χ3n) is 7.78. The second-order valence-electron chi connectivity index (χ2n) is 10.5. The van der Waals surface area contributed by atoms with Crippen LogP contribution >= 0.6 is 0 Å². The molecule has 40 heavy (non-hydrogen) atoms. The Morgan fingerprint density at radius 1 is 1.10 bits per heavy atom. The summed E-state index contributed by atoms with van der Waals surface area (Å²) in [5.41, 5.74) is 4.03. The fourth-order valence-corrected chi connectivity index (χ4v) is 5.62. The number of fused-ring (bicyclic) bond motifs is 1. The van der Waals surface area contributed by atoms with Crippen molar-refractivity contribution in [2.24, 2.45) is 0 Å². The van der Waals surface area contributed by atoms with Gasteiger partial charge in [-0.3, -0.25) is 4.68 Å². The van der Waals surface area contributed by atoms with Gasteiger partial charge in [0.05, 0.1) is 41.9 Å². The second kappa shape index (κ2) is 11.1. The van der Waals surface area contributed by atoms with Crippen LogP contribution in [0.5, 0.6) is 0 Å². The van der Waals surface area contributed by atoms with E-state index in [1.165, 1.54) is 18.6 Å². The summed E-state index contributed by atoms with van der Waals surface area (Å²) in [7, 11) is 2.15. The van der Waals surface area contributed by atoms with Crippen molar-refractivity contribution in [2.75, 3.05) is 43.4 Å². The lowest BCUT2D eigenvalue weighted by Gasteiger charge is -2.33. The Bertz CT molecular complexity index is 1520. The maximum absolute atomic E-state index is 12.8. The first-order valence-electron chi connectivity index (χ1n) is 13.6. The van der Waals surface area contributed by atoms with E-state index in [4.69, 9.17) is 9.97 Å². The molecule has 0 bridgehead atoms. The van der Waals surface area contributed by atoms with Crippen molar-refractivity contribution >= 4 is 22.8 Å². The van der Waals surface area contributed by atoms with Crippen LogP contribution in [-0.4, -0.2) is 84.9 Å². The Morgan fingerprint density at radius 3 is 2.75 bits per heavy atom. The van der Waals surface area contributed by atoms with Gasteiger partial charge in [-0.25, -0.2) is 28.7 Å². The number of piperazine rings is 1. The molecule has 2 atom stereocenters. The summed E-state index contributed by atoms with van der Waals surface area (Å²) >= 11 is 0. The zero-order chi connectivity index (χ0) is 27.6. The largest absolute Gasteiger partial charge is 0.368 e. The quantitative estimate of drug-likeness (QED) is 0.371. The van der Waals surface area contributed by atoms with Crippen molar-refractivity contribution < 1.29 is 8.78 Å². The number of likely N-dealkylation sites (N-methyl/N-ethyl adjacent to an activating group) is 1. The summed E-state index contributed by atoms with van der Waals surface area (Å²) in [6.45, 7) is 3.52. The monoisotopic (exact) mass is 547 g/mol. The van der Waals surface area contributed by atoms with Gasteiger partial charge in [0.15, 0.2) is 5.65 Å². The molecule has 1 aliphatic heterocycles. The molecule has 13 heteroatoms. The summed E-state index contributed by atoms with van der Waals surface area (Å²) in [4.78, 5) is 23.1. The Hall–Kier alpha value is -4.18. The lowest BCUT2D eigenvalue weighted by molar-refractivity contribution is 0.122. The molecule has 208 valence electrons. The zero-order valence-electron chi connectivity index (χ0n) is 22.3. The van der Waals surface area contributed by atoms with Crippen molar-refractivity contribution in [1.82, 2.24) is 39.2 Å². The fraction of sp³-hybridized carbons (Fsp3) is 0.481. The van der Waals surface area contributed by atoms with Gasteiger partial charge in [0.25, 0.3) is 6.43 Å². The van der Waals surface area contributed by atoms with Gasteiger partial charge in [-0.15, -0.1) is 0 Å². The van der Waals surface area contributed by atoms with E-state index in [2.05, 4.69) is 53.9 Å². The van der Waals surface area contributed by atoms with Gasteiger partial charge in [-0.1, -0.05) is 0 Å². The van der Waals surface area contributed by atoms with Gasteiger partial charge in [0.1, 0.15) is 18.1 Å². The van der Waals surface area contributed by atoms with Gasteiger partial charge in [0, 0.05) is 50.0 Å². The third-order valence-corrected chi connectivity index (χ3v) is 7.78. The highest BCUT2D eigenvalue weighted by Gasteiger charge is 2.26. The molecule has 5 heterocycles. The van der Waals surface area contributed by atoms with Gasteiger partial charge in [-0.2, -0.15) is 10.4 Å². The van der Waals surface area contributed by atoms with E-state index in [1.54, 1.807) is 0 Å². The molecule has 4 aromatic heterocycles. The lowest BCUT2D eigenvalue weighted by Crippen LogP contribution is -2.44. The number of halogens is 2. The number of imidazole rings is 1. The Kier molecular flexibility index (Phi) is 7.25. The highest BCUT2D eigenvalue weighted by atomic mass is 19.3. The number of nitrogens with one attached hydrogen (secondary N) is 1. The molecule has 0 amide bonds. The predicted octanol–water partition coefficient (Wildman–Crippen LogP) is 3.57. The van der Waals surface area contributed by atoms with Crippen molar-refractivity contribution in [3.63, 3.8) is 0 Å². The minimum Gasteiger partial charge on any atom is -0.368 e. The molecule has 0 aromatic carbocycles. The van der Waals surface area contributed by atoms with Crippen LogP contribution in [0.25, 0.3) is 22.4 Å². The maximum atomic E-state index is 12.8. The highest BCUT2D eigenvalue weighted by Crippen LogP contribution is 2.33. The topological polar surface area (TPSA) is 117 Å². The number of nitriles is 1. The van der Waals surface area contributed by atoms with Crippen molar-refractivity contribution in [2.45, 2.75) is 50.7 Å². The summed E-state index contributed by atoms with van der Waals surface area (Å²) in [6.07, 6.45) is 9.55. The summed E-state index contributed by atoms with van der Waals surface area (Å²) in [5, 5.41) is 17.0. The van der Waals surface area contributed by atoms with Crippen LogP contribution in [0.3, 0.4) is 0 Å². The molecule has 1 saturated carbocycles. The molecule has 11 nitrogen and oxygen atoms in total. The molecule has 0 spiro atoms. The van der Waals surface area contributed by atoms with E-state index in [0.717, 1.165) is 73.4 Å². The molecule has 0 unspecified atom stereocenters. The number of pyridine rings is 1. The predicted molar refractivity (Wildman–Crippen MR) is 146 cm³/mol. The van der Waals surface area contributed by atoms with Crippen molar-refractivity contribution in [1.29, 1.82) is 5.26 Å². The van der Waals surface area contributed by atoms with Gasteiger partial charge < -0.3 is 19.7 Å². The van der Waals surface area contributed by atoms with Crippen molar-refractivity contribution in [3.8, 4) is 17.3 Å². The number of alkyl halides is 2. The van der Waals surface area contributed by atoms with Crippen LogP contribution in [0.4, 0.5) is 20.4 Å². The minimum atomic E-state index is -2.52. The first kappa shape index (κ1) is 26.1. The molecule has 2 fully saturated rings. The number of anilines is 2. The number of rotatable bonds is 7. The Labute approximate surface area is 230 Å². The molecule has 2 aliphatic rings. The van der Waals surface area contributed by atoms with E-state index in [9.17, 15) is 14.0 Å². The standard InChI is InChI=1S/C27H31F2N11/c1-37-5-7-38(8-6-37)22-10-23-26(31-14-22)40(17-33-23)21-4-2-3-20(9-21)35-27-32-12-18(11-30)25(36-27)19-13-34-39(15-19)16-24(28)29/h10,12-15,17,20-21,24H,2-9,16H2,1H3,(H,32,35,36)/t20-,21+/m1/s1. The maximum Gasteiger partial charge on any atom is 0.257 e. The smallest absolute Gasteiger partial charge is 0.257 e. The van der Waals surface area contributed by atoms with E-state index in [1.807, 2.05) is 12.5 Å². The minimum absolute atomic E-state index is 0.114. The Balaban J connectivity index is 1.17. The van der Waals surface area contributed by atoms with Crippen LogP contribution in [0.2, 0.25) is 0 Å². The summed E-state index contributed by atoms with van der Waals surface area (Å²) in [6, 6.07) is 4.56. The molecule has 1 N–H and O–H groups in total. The van der Waals surface area contributed by atoms with E-state index in [-0.39, 0.29) is 17.6 Å². The molecule has 1 saturated heterocycles. The lowest BCUT2D eigenvalue weighted by atomic mass is 9.91. The van der Waals surface area contributed by atoms with Gasteiger partial charge in [-0.05, 0) is 38.8 Å². The van der Waals surface area contributed by atoms with E-state index < -0.39 is 13.0 Å². The van der Waals surface area contributed by atoms with Gasteiger partial charge in [0.2, 0.25) is 5.95 Å². The first-order chi connectivity index (χ1) is 19.5. The van der Waals surface area contributed by atoms with Crippen LogP contribution in [0.15, 0.2) is 37.2 Å². The van der Waals surface area contributed by atoms with Crippen molar-refractivity contribution in [3.05, 3.63) is 42.7 Å². The molecule has 0 radical (unpaired) electrons. The van der Waals surface area contributed by atoms with Crippen LogP contribution in [0.1, 0.15) is 37.3 Å². The van der Waals surface area contributed by atoms with Crippen LogP contribution in [0, 0.1) is 11.3 Å². The normalized spacial score (nSPS) is 20.2. The van der Waals surface area contributed by atoms with Gasteiger partial charge >= 0.3 is 0 Å². The van der Waals surface area contributed by atoms with Crippen LogP contribution < -0.4 is 10.2 Å². The molecular weight excluding hydrogens is 516 g/mol. The average Bonchev–Trinajstić information content (AvgIpc) is 3.60.